The molecule has 0 saturated carbocycles. The summed E-state index contributed by atoms with van der Waals surface area (Å²) in [6.07, 6.45) is 0. The fraction of sp³-hybridized carbons (Fsp3) is 0.300. The summed E-state index contributed by atoms with van der Waals surface area (Å²) in [7, 11) is 0. The highest BCUT2D eigenvalue weighted by molar-refractivity contribution is 8.00. The van der Waals surface area contributed by atoms with E-state index in [4.69, 9.17) is 4.74 Å². The number of amides is 1. The topological polar surface area (TPSA) is 81.9 Å². The molecule has 0 aliphatic heterocycles. The van der Waals surface area contributed by atoms with Gasteiger partial charge in [0.2, 0.25) is 11.1 Å². The van der Waals surface area contributed by atoms with Gasteiger partial charge in [-0.15, -0.1) is 5.10 Å². The van der Waals surface area contributed by atoms with Crippen molar-refractivity contribution in [2.75, 3.05) is 11.9 Å². The van der Waals surface area contributed by atoms with Crippen LogP contribution in [0.15, 0.2) is 47.6 Å². The van der Waals surface area contributed by atoms with Gasteiger partial charge in [-0.1, -0.05) is 41.6 Å². The Hall–Kier alpha value is -2.87. The summed E-state index contributed by atoms with van der Waals surface area (Å²) in [6, 6.07) is 13.4. The lowest BCUT2D eigenvalue weighted by Gasteiger charge is -2.15. The van der Waals surface area contributed by atoms with Gasteiger partial charge in [-0.05, 0) is 61.9 Å². The van der Waals surface area contributed by atoms with Crippen LogP contribution in [-0.2, 0) is 4.79 Å². The number of nitrogens with one attached hydrogen (secondary N) is 1. The summed E-state index contributed by atoms with van der Waals surface area (Å²) in [5.74, 6) is 0.503. The number of para-hydroxylation sites is 2. The largest absolute Gasteiger partial charge is 0.492 e. The second kappa shape index (κ2) is 8.88. The Kier molecular flexibility index (Phi) is 6.30. The molecule has 0 fully saturated rings. The summed E-state index contributed by atoms with van der Waals surface area (Å²) in [6.45, 7) is 8.31. The van der Waals surface area contributed by atoms with E-state index in [1.807, 2.05) is 64.1 Å². The highest BCUT2D eigenvalue weighted by Gasteiger charge is 2.21. The van der Waals surface area contributed by atoms with Crippen LogP contribution < -0.4 is 10.1 Å². The second-order valence-corrected chi connectivity index (χ2v) is 7.65. The smallest absolute Gasteiger partial charge is 0.237 e. The van der Waals surface area contributed by atoms with E-state index in [1.54, 1.807) is 4.68 Å². The Morgan fingerprint density at radius 2 is 2.04 bits per heavy atom. The van der Waals surface area contributed by atoms with Crippen LogP contribution in [0.25, 0.3) is 5.69 Å². The normalized spacial score (nSPS) is 11.9. The molecule has 0 unspecified atom stereocenters. The third kappa shape index (κ3) is 4.51. The number of tetrazole rings is 1. The monoisotopic (exact) mass is 397 g/mol. The van der Waals surface area contributed by atoms with Crippen molar-refractivity contribution in [3.63, 3.8) is 0 Å². The van der Waals surface area contributed by atoms with Crippen molar-refractivity contribution in [3.8, 4) is 11.4 Å². The first kappa shape index (κ1) is 19.9. The molecule has 1 amide bonds. The zero-order valence-electron chi connectivity index (χ0n) is 16.3. The van der Waals surface area contributed by atoms with Gasteiger partial charge in [0.15, 0.2) is 0 Å². The van der Waals surface area contributed by atoms with Gasteiger partial charge in [0, 0.05) is 0 Å². The van der Waals surface area contributed by atoms with Crippen molar-refractivity contribution in [2.24, 2.45) is 0 Å². The molecule has 7 nitrogen and oxygen atoms in total. The quantitative estimate of drug-likeness (QED) is 0.611. The first-order valence-electron chi connectivity index (χ1n) is 9.05. The van der Waals surface area contributed by atoms with Crippen molar-refractivity contribution in [1.82, 2.24) is 20.2 Å². The number of hydrogen-bond donors (Lipinski definition) is 1. The standard InChI is InChI=1S/C20H23N5O2S/c1-5-27-18-9-7-6-8-16(18)21-19(26)15(4)28-20-22-23-24-25(20)17-11-10-13(2)12-14(17)3/h6-12,15H,5H2,1-4H3,(H,21,26)/t15-/m1/s1. The number of hydrogen-bond acceptors (Lipinski definition) is 6. The lowest BCUT2D eigenvalue weighted by Crippen LogP contribution is -2.23. The van der Waals surface area contributed by atoms with Crippen molar-refractivity contribution in [1.29, 1.82) is 0 Å². The maximum Gasteiger partial charge on any atom is 0.237 e. The SMILES string of the molecule is CCOc1ccccc1NC(=O)[C@@H](C)Sc1nnnn1-c1ccc(C)cc1C. The minimum Gasteiger partial charge on any atom is -0.492 e. The molecule has 3 aromatic rings. The Labute approximate surface area is 168 Å². The molecular formula is C20H23N5O2S. The number of aryl methyl sites for hydroxylation is 2. The summed E-state index contributed by atoms with van der Waals surface area (Å²) >= 11 is 1.31. The molecule has 0 aliphatic carbocycles. The number of benzene rings is 2. The number of nitrogens with zero attached hydrogens (tertiary/aromatic N) is 4. The Morgan fingerprint density at radius 1 is 1.25 bits per heavy atom. The van der Waals surface area contributed by atoms with E-state index in [0.717, 1.165) is 11.3 Å². The molecule has 1 N–H and O–H groups in total. The Balaban J connectivity index is 1.75. The maximum absolute atomic E-state index is 12.7. The highest BCUT2D eigenvalue weighted by atomic mass is 32.2. The number of ether oxygens (including phenoxy) is 1. The van der Waals surface area contributed by atoms with Gasteiger partial charge in [0.05, 0.1) is 23.2 Å². The van der Waals surface area contributed by atoms with Gasteiger partial charge in [-0.3, -0.25) is 4.79 Å². The number of thioether (sulfide) groups is 1. The van der Waals surface area contributed by atoms with Crippen molar-refractivity contribution in [3.05, 3.63) is 53.6 Å². The molecule has 3 rings (SSSR count). The van der Waals surface area contributed by atoms with Crippen molar-refractivity contribution < 1.29 is 9.53 Å². The second-order valence-electron chi connectivity index (χ2n) is 6.34. The summed E-state index contributed by atoms with van der Waals surface area (Å²) in [5.41, 5.74) is 3.78. The van der Waals surface area contributed by atoms with Crippen LogP contribution in [0.2, 0.25) is 0 Å². The zero-order valence-corrected chi connectivity index (χ0v) is 17.2. The van der Waals surface area contributed by atoms with E-state index in [1.165, 1.54) is 17.3 Å². The molecule has 0 radical (unpaired) electrons. The fourth-order valence-corrected chi connectivity index (χ4v) is 3.54. The Morgan fingerprint density at radius 3 is 2.79 bits per heavy atom. The van der Waals surface area contributed by atoms with E-state index in [2.05, 4.69) is 26.9 Å². The average molecular weight is 398 g/mol. The summed E-state index contributed by atoms with van der Waals surface area (Å²) in [5, 5.41) is 15.1. The number of anilines is 1. The molecule has 1 heterocycles. The van der Waals surface area contributed by atoms with E-state index in [9.17, 15) is 4.79 Å². The first-order chi connectivity index (χ1) is 13.5. The number of carbonyl (C=O) groups is 1. The molecule has 146 valence electrons. The molecule has 1 atom stereocenters. The van der Waals surface area contributed by atoms with Crippen LogP contribution in [0.1, 0.15) is 25.0 Å². The number of carbonyl (C=O) groups excluding carboxylic acids is 1. The van der Waals surface area contributed by atoms with E-state index in [-0.39, 0.29) is 5.91 Å². The predicted molar refractivity (Wildman–Crippen MR) is 110 cm³/mol. The third-order valence-corrected chi connectivity index (χ3v) is 5.15. The average Bonchev–Trinajstić information content (AvgIpc) is 3.11. The highest BCUT2D eigenvalue weighted by Crippen LogP contribution is 2.28. The summed E-state index contributed by atoms with van der Waals surface area (Å²) in [4.78, 5) is 12.7. The van der Waals surface area contributed by atoms with Crippen molar-refractivity contribution in [2.45, 2.75) is 38.1 Å². The minimum absolute atomic E-state index is 0.146. The predicted octanol–water partition coefficient (Wildman–Crippen LogP) is 3.80. The van der Waals surface area contributed by atoms with Crippen LogP contribution in [0.4, 0.5) is 5.69 Å². The van der Waals surface area contributed by atoms with Crippen LogP contribution in [0, 0.1) is 13.8 Å². The van der Waals surface area contributed by atoms with Gasteiger partial charge in [0.25, 0.3) is 0 Å². The van der Waals surface area contributed by atoms with Crippen LogP contribution in [0.5, 0.6) is 5.75 Å². The molecule has 28 heavy (non-hydrogen) atoms. The summed E-state index contributed by atoms with van der Waals surface area (Å²) < 4.78 is 7.23. The zero-order chi connectivity index (χ0) is 20.1. The maximum atomic E-state index is 12.7. The van der Waals surface area contributed by atoms with Gasteiger partial charge in [-0.2, -0.15) is 4.68 Å². The lowest BCUT2D eigenvalue weighted by molar-refractivity contribution is -0.115. The molecule has 8 heteroatoms. The van der Waals surface area contributed by atoms with Gasteiger partial charge >= 0.3 is 0 Å². The molecule has 0 bridgehead atoms. The number of aromatic nitrogens is 4. The molecule has 0 spiro atoms. The fourth-order valence-electron chi connectivity index (χ4n) is 2.74. The molecule has 0 aliphatic rings. The van der Waals surface area contributed by atoms with E-state index < -0.39 is 5.25 Å². The number of rotatable bonds is 7. The van der Waals surface area contributed by atoms with Crippen molar-refractivity contribution >= 4 is 23.4 Å². The van der Waals surface area contributed by atoms with Crippen LogP contribution >= 0.6 is 11.8 Å². The molecular weight excluding hydrogens is 374 g/mol. The molecule has 1 aromatic heterocycles. The molecule has 2 aromatic carbocycles. The third-order valence-electron chi connectivity index (χ3n) is 4.12. The van der Waals surface area contributed by atoms with Crippen LogP contribution in [-0.4, -0.2) is 38.0 Å². The van der Waals surface area contributed by atoms with Gasteiger partial charge in [0.1, 0.15) is 5.75 Å². The first-order valence-corrected chi connectivity index (χ1v) is 9.93. The van der Waals surface area contributed by atoms with Crippen LogP contribution in [0.3, 0.4) is 0 Å². The Bertz CT molecular complexity index is 973. The van der Waals surface area contributed by atoms with Gasteiger partial charge < -0.3 is 10.1 Å². The van der Waals surface area contributed by atoms with E-state index in [0.29, 0.717) is 23.2 Å². The molecule has 0 saturated heterocycles. The lowest BCUT2D eigenvalue weighted by atomic mass is 10.1. The van der Waals surface area contributed by atoms with Gasteiger partial charge in [-0.25, -0.2) is 0 Å². The minimum atomic E-state index is -0.398. The van der Waals surface area contributed by atoms with E-state index >= 15 is 0 Å².